The van der Waals surface area contributed by atoms with Gasteiger partial charge in [-0.3, -0.25) is 0 Å². The summed E-state index contributed by atoms with van der Waals surface area (Å²) in [5.74, 6) is 0.647. The molecule has 0 aliphatic carbocycles. The third-order valence-electron chi connectivity index (χ3n) is 1.66. The number of oxazole rings is 1. The van der Waals surface area contributed by atoms with E-state index >= 15 is 0 Å². The first-order chi connectivity index (χ1) is 6.72. The van der Waals surface area contributed by atoms with Crippen molar-refractivity contribution in [2.24, 2.45) is 5.92 Å². The largest absolute Gasteiger partial charge is 0.450 e. The number of ether oxygens (including phenoxy) is 1. The number of aromatic nitrogens is 1. The van der Waals surface area contributed by atoms with Gasteiger partial charge in [0.15, 0.2) is 0 Å². The Balaban J connectivity index is 2.28. The predicted octanol–water partition coefficient (Wildman–Crippen LogP) is 1.82. The highest BCUT2D eigenvalue weighted by atomic mass is 16.6. The Morgan fingerprint density at radius 2 is 2.36 bits per heavy atom. The summed E-state index contributed by atoms with van der Waals surface area (Å²) in [6, 6.07) is 0. The molecule has 0 aliphatic rings. The van der Waals surface area contributed by atoms with Gasteiger partial charge in [0.2, 0.25) is 0 Å². The summed E-state index contributed by atoms with van der Waals surface area (Å²) < 4.78 is 10.2. The van der Waals surface area contributed by atoms with Crippen LogP contribution >= 0.6 is 0 Å². The van der Waals surface area contributed by atoms with Crippen molar-refractivity contribution in [2.45, 2.75) is 27.3 Å². The van der Waals surface area contributed by atoms with E-state index in [0.717, 1.165) is 18.8 Å². The second-order valence-electron chi connectivity index (χ2n) is 3.56. The van der Waals surface area contributed by atoms with E-state index in [9.17, 15) is 0 Å². The van der Waals surface area contributed by atoms with Gasteiger partial charge in [-0.2, -0.15) is 4.98 Å². The zero-order valence-electron chi connectivity index (χ0n) is 9.04. The Morgan fingerprint density at radius 1 is 1.57 bits per heavy atom. The molecule has 0 fully saturated rings. The molecule has 14 heavy (non-hydrogen) atoms. The fourth-order valence-corrected chi connectivity index (χ4v) is 1.05. The molecule has 0 aliphatic heterocycles. The van der Waals surface area contributed by atoms with Gasteiger partial charge in [0.05, 0.1) is 12.3 Å². The maximum Gasteiger partial charge on any atom is 0.393 e. The highest BCUT2D eigenvalue weighted by Crippen LogP contribution is 2.09. The molecule has 1 aromatic rings. The van der Waals surface area contributed by atoms with Crippen molar-refractivity contribution in [1.29, 1.82) is 0 Å². The highest BCUT2D eigenvalue weighted by molar-refractivity contribution is 4.99. The molecule has 1 aromatic heterocycles. The van der Waals surface area contributed by atoms with Crippen LogP contribution in [0.5, 0.6) is 6.08 Å². The minimum absolute atomic E-state index is 0.355. The molecule has 4 nitrogen and oxygen atoms in total. The van der Waals surface area contributed by atoms with Gasteiger partial charge in [0.25, 0.3) is 0 Å². The minimum Gasteiger partial charge on any atom is -0.450 e. The minimum atomic E-state index is 0.355. The van der Waals surface area contributed by atoms with Gasteiger partial charge in [-0.1, -0.05) is 13.8 Å². The van der Waals surface area contributed by atoms with Crippen molar-refractivity contribution in [1.82, 2.24) is 10.3 Å². The monoisotopic (exact) mass is 198 g/mol. The lowest BCUT2D eigenvalue weighted by molar-refractivity contribution is 0.244. The fraction of sp³-hybridized carbons (Fsp3) is 0.700. The Bertz CT molecular complexity index is 258. The first-order valence-electron chi connectivity index (χ1n) is 5.00. The SMILES string of the molecule is CCOc1nc(CNCC(C)C)co1. The maximum absolute atomic E-state index is 5.11. The van der Waals surface area contributed by atoms with Crippen LogP contribution in [0.2, 0.25) is 0 Å². The molecule has 0 unspecified atom stereocenters. The third-order valence-corrected chi connectivity index (χ3v) is 1.66. The molecular formula is C10H18N2O2. The molecule has 4 heteroatoms. The van der Waals surface area contributed by atoms with E-state index in [4.69, 9.17) is 9.15 Å². The van der Waals surface area contributed by atoms with Gasteiger partial charge < -0.3 is 14.5 Å². The number of hydrogen-bond donors (Lipinski definition) is 1. The van der Waals surface area contributed by atoms with Crippen LogP contribution in [-0.2, 0) is 6.54 Å². The quantitative estimate of drug-likeness (QED) is 0.757. The van der Waals surface area contributed by atoms with Crippen LogP contribution in [0.1, 0.15) is 26.5 Å². The zero-order valence-corrected chi connectivity index (χ0v) is 9.04. The normalized spacial score (nSPS) is 10.9. The summed E-state index contributed by atoms with van der Waals surface area (Å²) in [5, 5.41) is 3.28. The lowest BCUT2D eigenvalue weighted by Gasteiger charge is -2.04. The van der Waals surface area contributed by atoms with E-state index in [1.165, 1.54) is 0 Å². The van der Waals surface area contributed by atoms with Gasteiger partial charge in [0.1, 0.15) is 6.26 Å². The molecule has 0 saturated carbocycles. The van der Waals surface area contributed by atoms with Gasteiger partial charge in [-0.05, 0) is 19.4 Å². The van der Waals surface area contributed by atoms with Crippen LogP contribution in [-0.4, -0.2) is 18.1 Å². The van der Waals surface area contributed by atoms with Crippen LogP contribution in [0.4, 0.5) is 0 Å². The predicted molar refractivity (Wildman–Crippen MR) is 54.2 cm³/mol. The van der Waals surface area contributed by atoms with E-state index in [0.29, 0.717) is 18.6 Å². The first-order valence-corrected chi connectivity index (χ1v) is 5.00. The van der Waals surface area contributed by atoms with Crippen molar-refractivity contribution in [3.8, 4) is 6.08 Å². The van der Waals surface area contributed by atoms with Crippen molar-refractivity contribution < 1.29 is 9.15 Å². The van der Waals surface area contributed by atoms with Crippen LogP contribution in [0.15, 0.2) is 10.7 Å². The average Bonchev–Trinajstić information content (AvgIpc) is 2.53. The molecule has 0 atom stereocenters. The van der Waals surface area contributed by atoms with Crippen molar-refractivity contribution in [3.63, 3.8) is 0 Å². The third kappa shape index (κ3) is 3.79. The zero-order chi connectivity index (χ0) is 10.4. The smallest absolute Gasteiger partial charge is 0.393 e. The number of hydrogen-bond acceptors (Lipinski definition) is 4. The Labute approximate surface area is 84.7 Å². The summed E-state index contributed by atoms with van der Waals surface area (Å²) in [5.41, 5.74) is 0.883. The summed E-state index contributed by atoms with van der Waals surface area (Å²) in [6.07, 6.45) is 1.98. The van der Waals surface area contributed by atoms with Crippen LogP contribution < -0.4 is 10.1 Å². The van der Waals surface area contributed by atoms with E-state index in [1.807, 2.05) is 6.92 Å². The first kappa shape index (κ1) is 11.0. The average molecular weight is 198 g/mol. The van der Waals surface area contributed by atoms with Gasteiger partial charge >= 0.3 is 6.08 Å². The van der Waals surface area contributed by atoms with E-state index in [1.54, 1.807) is 6.26 Å². The molecule has 0 radical (unpaired) electrons. The second kappa shape index (κ2) is 5.65. The Hall–Kier alpha value is -1.03. The van der Waals surface area contributed by atoms with Gasteiger partial charge in [-0.25, -0.2) is 0 Å². The summed E-state index contributed by atoms with van der Waals surface area (Å²) in [6.45, 7) is 8.54. The van der Waals surface area contributed by atoms with E-state index < -0.39 is 0 Å². The molecule has 0 amide bonds. The standard InChI is InChI=1S/C10H18N2O2/c1-4-13-10-12-9(7-14-10)6-11-5-8(2)3/h7-8,11H,4-6H2,1-3H3. The molecule has 0 bridgehead atoms. The van der Waals surface area contributed by atoms with Crippen LogP contribution in [0, 0.1) is 5.92 Å². The molecule has 0 spiro atoms. The van der Waals surface area contributed by atoms with E-state index in [2.05, 4.69) is 24.1 Å². The van der Waals surface area contributed by atoms with Gasteiger partial charge in [0, 0.05) is 6.54 Å². The molecule has 1 N–H and O–H groups in total. The lowest BCUT2D eigenvalue weighted by atomic mass is 10.2. The Morgan fingerprint density at radius 3 is 3.00 bits per heavy atom. The molecule has 0 aromatic carbocycles. The highest BCUT2D eigenvalue weighted by Gasteiger charge is 2.03. The van der Waals surface area contributed by atoms with Gasteiger partial charge in [-0.15, -0.1) is 0 Å². The molecule has 1 heterocycles. The summed E-state index contributed by atoms with van der Waals surface area (Å²) in [7, 11) is 0. The van der Waals surface area contributed by atoms with E-state index in [-0.39, 0.29) is 0 Å². The van der Waals surface area contributed by atoms with Crippen molar-refractivity contribution >= 4 is 0 Å². The molecule has 1 rings (SSSR count). The summed E-state index contributed by atoms with van der Waals surface area (Å²) >= 11 is 0. The molecule has 80 valence electrons. The van der Waals surface area contributed by atoms with Crippen molar-refractivity contribution in [3.05, 3.63) is 12.0 Å². The second-order valence-corrected chi connectivity index (χ2v) is 3.56. The maximum atomic E-state index is 5.11. The fourth-order valence-electron chi connectivity index (χ4n) is 1.05. The van der Waals surface area contributed by atoms with Crippen LogP contribution in [0.3, 0.4) is 0 Å². The molecular weight excluding hydrogens is 180 g/mol. The topological polar surface area (TPSA) is 47.3 Å². The van der Waals surface area contributed by atoms with Crippen molar-refractivity contribution in [2.75, 3.05) is 13.2 Å². The number of rotatable bonds is 6. The molecule has 0 saturated heterocycles. The number of nitrogens with zero attached hydrogens (tertiary/aromatic N) is 1. The van der Waals surface area contributed by atoms with Crippen LogP contribution in [0.25, 0.3) is 0 Å². The lowest BCUT2D eigenvalue weighted by Crippen LogP contribution is -2.19. The number of nitrogens with one attached hydrogen (secondary N) is 1. The Kier molecular flexibility index (Phi) is 4.46. The summed E-state index contributed by atoms with van der Waals surface area (Å²) in [4.78, 5) is 4.15.